The maximum Gasteiger partial charge on any atom is 0.306 e. The van der Waals surface area contributed by atoms with E-state index in [0.29, 0.717) is 24.3 Å². The van der Waals surface area contributed by atoms with Gasteiger partial charge in [-0.05, 0) is 42.1 Å². The highest BCUT2D eigenvalue weighted by Crippen LogP contribution is 2.13. The molecule has 1 amide bonds. The zero-order valence-corrected chi connectivity index (χ0v) is 16.1. The molecular formula is C19H18FN3O5S. The van der Waals surface area contributed by atoms with Crippen molar-refractivity contribution in [1.29, 1.82) is 0 Å². The van der Waals surface area contributed by atoms with Gasteiger partial charge in [-0.15, -0.1) is 0 Å². The predicted molar refractivity (Wildman–Crippen MR) is 101 cm³/mol. The van der Waals surface area contributed by atoms with Crippen LogP contribution >= 0.6 is 11.3 Å². The van der Waals surface area contributed by atoms with Gasteiger partial charge in [-0.2, -0.15) is 16.3 Å². The maximum absolute atomic E-state index is 12.8. The molecule has 0 aliphatic heterocycles. The monoisotopic (exact) mass is 419 g/mol. The number of carbonyl (C=O) groups excluding carboxylic acids is 2. The van der Waals surface area contributed by atoms with Crippen molar-refractivity contribution in [1.82, 2.24) is 15.5 Å². The fourth-order valence-electron chi connectivity index (χ4n) is 2.23. The largest absolute Gasteiger partial charge is 0.485 e. The maximum atomic E-state index is 12.8. The molecule has 3 aromatic rings. The molecule has 10 heteroatoms. The van der Waals surface area contributed by atoms with Crippen molar-refractivity contribution >= 4 is 23.2 Å². The molecule has 0 atom stereocenters. The van der Waals surface area contributed by atoms with Crippen molar-refractivity contribution in [2.45, 2.75) is 26.1 Å². The second-order valence-corrected chi connectivity index (χ2v) is 6.66. The molecule has 2 aromatic heterocycles. The Hall–Kier alpha value is -3.27. The van der Waals surface area contributed by atoms with Crippen LogP contribution < -0.4 is 10.1 Å². The minimum Gasteiger partial charge on any atom is -0.485 e. The van der Waals surface area contributed by atoms with Crippen LogP contribution in [0.15, 0.2) is 45.6 Å². The van der Waals surface area contributed by atoms with Gasteiger partial charge in [-0.25, -0.2) is 4.39 Å². The van der Waals surface area contributed by atoms with Gasteiger partial charge >= 0.3 is 5.97 Å². The average Bonchev–Trinajstić information content (AvgIpc) is 3.41. The van der Waals surface area contributed by atoms with Crippen molar-refractivity contribution in [2.75, 3.05) is 6.54 Å². The Labute approximate surface area is 169 Å². The number of hydrogen-bond acceptors (Lipinski definition) is 8. The van der Waals surface area contributed by atoms with E-state index in [9.17, 15) is 14.0 Å². The number of rotatable bonds is 10. The van der Waals surface area contributed by atoms with Crippen molar-refractivity contribution in [3.05, 3.63) is 64.2 Å². The second-order valence-electron chi connectivity index (χ2n) is 5.88. The molecular weight excluding hydrogens is 401 g/mol. The molecule has 8 nitrogen and oxygen atoms in total. The topological polar surface area (TPSA) is 104 Å². The number of halogens is 1. The highest BCUT2D eigenvalue weighted by atomic mass is 32.1. The van der Waals surface area contributed by atoms with E-state index in [1.54, 1.807) is 11.4 Å². The molecule has 0 aliphatic carbocycles. The Morgan fingerprint density at radius 2 is 2.00 bits per heavy atom. The fraction of sp³-hybridized carbons (Fsp3) is 0.263. The van der Waals surface area contributed by atoms with Gasteiger partial charge < -0.3 is 19.3 Å². The number of benzene rings is 1. The number of carbonyl (C=O) groups is 2. The second kappa shape index (κ2) is 10.3. The normalized spacial score (nSPS) is 10.5. The van der Waals surface area contributed by atoms with Crippen LogP contribution in [0.3, 0.4) is 0 Å². The smallest absolute Gasteiger partial charge is 0.306 e. The van der Waals surface area contributed by atoms with E-state index < -0.39 is 5.97 Å². The summed E-state index contributed by atoms with van der Waals surface area (Å²) in [5.41, 5.74) is 0.605. The van der Waals surface area contributed by atoms with Crippen molar-refractivity contribution in [2.24, 2.45) is 0 Å². The third-order valence-electron chi connectivity index (χ3n) is 3.67. The highest BCUT2D eigenvalue weighted by Gasteiger charge is 2.11. The predicted octanol–water partition coefficient (Wildman–Crippen LogP) is 3.10. The molecule has 29 heavy (non-hydrogen) atoms. The first kappa shape index (κ1) is 20.5. The minimum absolute atomic E-state index is 0.0346. The summed E-state index contributed by atoms with van der Waals surface area (Å²) < 4.78 is 28.3. The summed E-state index contributed by atoms with van der Waals surface area (Å²) in [4.78, 5) is 27.6. The van der Waals surface area contributed by atoms with Gasteiger partial charge in [0.2, 0.25) is 5.82 Å². The molecule has 3 rings (SSSR count). The zero-order chi connectivity index (χ0) is 20.5. The SMILES string of the molecule is O=C(CCCNC(=O)c1ccsc1)OCc1nc(COc2ccc(F)cc2)no1. The number of amides is 1. The number of nitrogens with zero attached hydrogens (tertiary/aromatic N) is 2. The summed E-state index contributed by atoms with van der Waals surface area (Å²) >= 11 is 1.44. The quantitative estimate of drug-likeness (QED) is 0.398. The Balaban J connectivity index is 1.31. The molecule has 0 saturated heterocycles. The number of ether oxygens (including phenoxy) is 2. The van der Waals surface area contributed by atoms with Crippen LogP contribution in [0.1, 0.15) is 34.9 Å². The van der Waals surface area contributed by atoms with Gasteiger partial charge in [0.05, 0.1) is 0 Å². The van der Waals surface area contributed by atoms with E-state index in [0.717, 1.165) is 0 Å². The molecule has 0 saturated carbocycles. The lowest BCUT2D eigenvalue weighted by Gasteiger charge is -2.04. The minimum atomic E-state index is -0.433. The zero-order valence-electron chi connectivity index (χ0n) is 15.3. The van der Waals surface area contributed by atoms with Crippen LogP contribution in [-0.2, 0) is 22.7 Å². The average molecular weight is 419 g/mol. The van der Waals surface area contributed by atoms with Crippen LogP contribution in [0.2, 0.25) is 0 Å². The first-order valence-corrected chi connectivity index (χ1v) is 9.70. The third kappa shape index (κ3) is 6.68. The third-order valence-corrected chi connectivity index (χ3v) is 4.36. The summed E-state index contributed by atoms with van der Waals surface area (Å²) in [6.07, 6.45) is 0.605. The fourth-order valence-corrected chi connectivity index (χ4v) is 2.87. The Kier molecular flexibility index (Phi) is 7.28. The number of hydrogen-bond donors (Lipinski definition) is 1. The van der Waals surface area contributed by atoms with Gasteiger partial charge in [0.15, 0.2) is 13.2 Å². The molecule has 0 radical (unpaired) electrons. The van der Waals surface area contributed by atoms with E-state index in [1.807, 2.05) is 5.38 Å². The first-order chi connectivity index (χ1) is 14.1. The number of esters is 1. The van der Waals surface area contributed by atoms with Crippen LogP contribution in [0.4, 0.5) is 4.39 Å². The molecule has 2 heterocycles. The van der Waals surface area contributed by atoms with Crippen LogP contribution in [-0.4, -0.2) is 28.6 Å². The summed E-state index contributed by atoms with van der Waals surface area (Å²) in [5, 5.41) is 10.0. The molecule has 1 N–H and O–H groups in total. The Morgan fingerprint density at radius 1 is 1.17 bits per heavy atom. The summed E-state index contributed by atoms with van der Waals surface area (Å²) in [5.74, 6) is -0.0718. The van der Waals surface area contributed by atoms with E-state index in [1.165, 1.54) is 35.6 Å². The molecule has 0 aliphatic rings. The standard InChI is InChI=1S/C19H18FN3O5S/c20-14-3-5-15(6-4-14)26-10-16-22-17(28-23-16)11-27-18(24)2-1-8-21-19(25)13-7-9-29-12-13/h3-7,9,12H,1-2,8,10-11H2,(H,21,25). The molecule has 1 aromatic carbocycles. The number of thiophene rings is 1. The van der Waals surface area contributed by atoms with Gasteiger partial charge in [-0.3, -0.25) is 9.59 Å². The lowest BCUT2D eigenvalue weighted by molar-refractivity contribution is -0.145. The first-order valence-electron chi connectivity index (χ1n) is 8.76. The molecule has 152 valence electrons. The molecule has 0 bridgehead atoms. The van der Waals surface area contributed by atoms with Gasteiger partial charge in [0.25, 0.3) is 11.8 Å². The van der Waals surface area contributed by atoms with Crippen molar-refractivity contribution in [3.8, 4) is 5.75 Å². The van der Waals surface area contributed by atoms with E-state index in [2.05, 4.69) is 15.5 Å². The van der Waals surface area contributed by atoms with Crippen molar-refractivity contribution < 1.29 is 28.0 Å². The molecule has 0 fully saturated rings. The lowest BCUT2D eigenvalue weighted by Crippen LogP contribution is -2.24. The van der Waals surface area contributed by atoms with Crippen LogP contribution in [0, 0.1) is 5.82 Å². The van der Waals surface area contributed by atoms with E-state index in [-0.39, 0.29) is 43.1 Å². The summed E-state index contributed by atoms with van der Waals surface area (Å²) in [7, 11) is 0. The summed E-state index contributed by atoms with van der Waals surface area (Å²) in [6, 6.07) is 7.27. The molecule has 0 spiro atoms. The van der Waals surface area contributed by atoms with Gasteiger partial charge in [-0.1, -0.05) is 5.16 Å². The summed E-state index contributed by atoms with van der Waals surface area (Å²) in [6.45, 7) is 0.256. The highest BCUT2D eigenvalue weighted by molar-refractivity contribution is 7.08. The lowest BCUT2D eigenvalue weighted by atomic mass is 10.3. The number of aromatic nitrogens is 2. The van der Waals surface area contributed by atoms with Gasteiger partial charge in [0.1, 0.15) is 11.6 Å². The van der Waals surface area contributed by atoms with E-state index in [4.69, 9.17) is 14.0 Å². The van der Waals surface area contributed by atoms with Crippen LogP contribution in [0.25, 0.3) is 0 Å². The van der Waals surface area contributed by atoms with Crippen LogP contribution in [0.5, 0.6) is 5.75 Å². The van der Waals surface area contributed by atoms with E-state index >= 15 is 0 Å². The van der Waals surface area contributed by atoms with Gasteiger partial charge in [0, 0.05) is 23.9 Å². The number of nitrogens with one attached hydrogen (secondary N) is 1. The Bertz CT molecular complexity index is 928. The van der Waals surface area contributed by atoms with Crippen molar-refractivity contribution in [3.63, 3.8) is 0 Å². The molecule has 0 unspecified atom stereocenters. The Morgan fingerprint density at radius 3 is 2.76 bits per heavy atom.